The smallest absolute Gasteiger partial charge is 0.329 e. The standard InChI is InChI=1S/C60H78N6O17/c1-6-60(2,3)54(71)58(75)65-29-8-7-17-44(65)59(76)83-45(23-21-39-22-24-46(77-4)48(36-39)78-5)40-14-9-15-41(37-40)63-51(69)26-25-49(67)61-27-12-30-79-32-34-81-35-33-80-31-13-28-62-52(70)38-82-47-19-10-16-42-53(47)57(74)66(56(42)73)43-18-11-20-50(68)64-55(43)72/h9-10,14-16,19,22,24,36-37,43-45H,6-8,11-13,17-18,20-21,23,25-35,38H2,1-5H3,(H,61,67)(H,62,70)(H,63,69)(H,64,68,72)/t43-,44-,45+/m0/s1. The Labute approximate surface area is 483 Å². The number of amides is 8. The van der Waals surface area contributed by atoms with E-state index in [4.69, 9.17) is 33.2 Å². The van der Waals surface area contributed by atoms with Gasteiger partial charge in [-0.2, -0.15) is 0 Å². The lowest BCUT2D eigenvalue weighted by Gasteiger charge is -2.36. The van der Waals surface area contributed by atoms with Crippen molar-refractivity contribution in [2.75, 3.05) is 85.4 Å². The average molecular weight is 1160 g/mol. The molecule has 6 rings (SSSR count). The number of anilines is 1. The summed E-state index contributed by atoms with van der Waals surface area (Å²) in [6, 6.07) is 14.8. The number of ether oxygens (including phenoxy) is 7. The number of esters is 1. The Morgan fingerprint density at radius 1 is 0.723 bits per heavy atom. The van der Waals surface area contributed by atoms with Gasteiger partial charge in [-0.1, -0.05) is 45.0 Å². The monoisotopic (exact) mass is 1150 g/mol. The quantitative estimate of drug-likeness (QED) is 0.0271. The van der Waals surface area contributed by atoms with E-state index in [1.165, 1.54) is 23.1 Å². The predicted molar refractivity (Wildman–Crippen MR) is 300 cm³/mol. The summed E-state index contributed by atoms with van der Waals surface area (Å²) in [4.78, 5) is 132. The number of carbonyl (C=O) groups is 10. The minimum absolute atomic E-state index is 0.0311. The van der Waals surface area contributed by atoms with Crippen LogP contribution < -0.4 is 35.5 Å². The summed E-state index contributed by atoms with van der Waals surface area (Å²) in [7, 11) is 3.10. The molecule has 450 valence electrons. The van der Waals surface area contributed by atoms with E-state index in [0.717, 1.165) is 10.5 Å². The van der Waals surface area contributed by atoms with Gasteiger partial charge in [0.1, 0.15) is 23.9 Å². The summed E-state index contributed by atoms with van der Waals surface area (Å²) in [5, 5.41) is 10.6. The molecule has 2 fully saturated rings. The molecule has 8 amide bonds. The average Bonchev–Trinajstić information content (AvgIpc) is 3.62. The van der Waals surface area contributed by atoms with Gasteiger partial charge in [-0.05, 0) is 112 Å². The molecule has 0 bridgehead atoms. The van der Waals surface area contributed by atoms with Crippen molar-refractivity contribution in [3.05, 3.63) is 82.9 Å². The molecule has 4 N–H and O–H groups in total. The first-order valence-electron chi connectivity index (χ1n) is 28.4. The van der Waals surface area contributed by atoms with Crippen LogP contribution in [0.2, 0.25) is 0 Å². The van der Waals surface area contributed by atoms with E-state index in [2.05, 4.69) is 21.3 Å². The summed E-state index contributed by atoms with van der Waals surface area (Å²) < 4.78 is 39.5. The number of hydrogen-bond donors (Lipinski definition) is 4. The molecule has 23 nitrogen and oxygen atoms in total. The van der Waals surface area contributed by atoms with Gasteiger partial charge in [0.05, 0.1) is 51.8 Å². The van der Waals surface area contributed by atoms with Gasteiger partial charge in [-0.15, -0.1) is 0 Å². The molecule has 23 heteroatoms. The molecule has 3 atom stereocenters. The van der Waals surface area contributed by atoms with Crippen LogP contribution in [0.25, 0.3) is 0 Å². The molecule has 0 radical (unpaired) electrons. The topological polar surface area (TPSA) is 290 Å². The van der Waals surface area contributed by atoms with Crippen LogP contribution in [0.5, 0.6) is 17.2 Å². The molecule has 0 aromatic heterocycles. The number of nitrogens with one attached hydrogen (secondary N) is 4. The van der Waals surface area contributed by atoms with Gasteiger partial charge in [0, 0.05) is 63.2 Å². The number of nitrogens with zero attached hydrogens (tertiary/aromatic N) is 2. The molecular weight excluding hydrogens is 1080 g/mol. The number of carbonyl (C=O) groups excluding carboxylic acids is 10. The third-order valence-electron chi connectivity index (χ3n) is 14.6. The first kappa shape index (κ1) is 64.4. The van der Waals surface area contributed by atoms with Gasteiger partial charge in [-0.25, -0.2) is 4.79 Å². The number of methoxy groups -OCH3 is 2. The molecule has 83 heavy (non-hydrogen) atoms. The van der Waals surface area contributed by atoms with Crippen LogP contribution in [0.15, 0.2) is 60.7 Å². The molecule has 2 saturated heterocycles. The van der Waals surface area contributed by atoms with Gasteiger partial charge in [0.15, 0.2) is 18.1 Å². The third-order valence-corrected chi connectivity index (χ3v) is 14.6. The van der Waals surface area contributed by atoms with Crippen molar-refractivity contribution in [3.8, 4) is 17.2 Å². The van der Waals surface area contributed by atoms with Gasteiger partial charge < -0.3 is 54.0 Å². The third kappa shape index (κ3) is 18.6. The lowest BCUT2D eigenvalue weighted by atomic mass is 9.84. The van der Waals surface area contributed by atoms with E-state index in [0.29, 0.717) is 133 Å². The molecular formula is C60H78N6O17. The van der Waals surface area contributed by atoms with Crippen molar-refractivity contribution in [2.45, 2.75) is 122 Å². The van der Waals surface area contributed by atoms with Crippen molar-refractivity contribution in [1.29, 1.82) is 0 Å². The molecule has 0 saturated carbocycles. The van der Waals surface area contributed by atoms with E-state index in [1.54, 1.807) is 58.4 Å². The molecule has 3 aliphatic heterocycles. The lowest BCUT2D eigenvalue weighted by Crippen LogP contribution is -2.53. The Bertz CT molecular complexity index is 2800. The zero-order valence-corrected chi connectivity index (χ0v) is 48.1. The maximum absolute atomic E-state index is 14.1. The van der Waals surface area contributed by atoms with Crippen molar-refractivity contribution in [2.24, 2.45) is 5.41 Å². The van der Waals surface area contributed by atoms with Gasteiger partial charge in [0.25, 0.3) is 23.6 Å². The molecule has 0 aliphatic carbocycles. The first-order valence-corrected chi connectivity index (χ1v) is 28.4. The fourth-order valence-corrected chi connectivity index (χ4v) is 9.53. The Hall–Kier alpha value is -7.76. The minimum Gasteiger partial charge on any atom is -0.493 e. The van der Waals surface area contributed by atoms with Crippen LogP contribution in [0.1, 0.15) is 136 Å². The van der Waals surface area contributed by atoms with Crippen LogP contribution in [0.4, 0.5) is 5.69 Å². The number of Topliss-reactive ketones (excluding diaryl/α,β-unsaturated/α-hetero) is 1. The van der Waals surface area contributed by atoms with E-state index < -0.39 is 77.4 Å². The van der Waals surface area contributed by atoms with Gasteiger partial charge in [0.2, 0.25) is 29.4 Å². The van der Waals surface area contributed by atoms with Crippen molar-refractivity contribution in [3.63, 3.8) is 0 Å². The number of benzene rings is 3. The molecule has 0 spiro atoms. The Morgan fingerprint density at radius 2 is 1.40 bits per heavy atom. The highest BCUT2D eigenvalue weighted by Crippen LogP contribution is 2.35. The maximum Gasteiger partial charge on any atom is 0.329 e. The Balaban J connectivity index is 0.824. The van der Waals surface area contributed by atoms with Crippen LogP contribution in [0.3, 0.4) is 0 Å². The summed E-state index contributed by atoms with van der Waals surface area (Å²) in [6.45, 7) is 7.81. The van der Waals surface area contributed by atoms with Crippen molar-refractivity contribution >= 4 is 64.7 Å². The van der Waals surface area contributed by atoms with Crippen LogP contribution in [-0.2, 0) is 63.7 Å². The molecule has 3 heterocycles. The summed E-state index contributed by atoms with van der Waals surface area (Å²) in [5.74, 6) is -4.42. The van der Waals surface area contributed by atoms with E-state index in [-0.39, 0.29) is 60.9 Å². The number of aryl methyl sites for hydroxylation is 1. The summed E-state index contributed by atoms with van der Waals surface area (Å²) >= 11 is 0. The Morgan fingerprint density at radius 3 is 2.10 bits per heavy atom. The normalized spacial score (nSPS) is 16.5. The van der Waals surface area contributed by atoms with E-state index >= 15 is 0 Å². The minimum atomic E-state index is -1.13. The van der Waals surface area contributed by atoms with E-state index in [1.807, 2.05) is 19.1 Å². The zero-order chi connectivity index (χ0) is 59.9. The number of piperidine rings is 1. The number of hydrogen-bond acceptors (Lipinski definition) is 17. The lowest BCUT2D eigenvalue weighted by molar-refractivity contribution is -0.164. The zero-order valence-electron chi connectivity index (χ0n) is 48.1. The van der Waals surface area contributed by atoms with Gasteiger partial charge >= 0.3 is 5.97 Å². The van der Waals surface area contributed by atoms with Crippen LogP contribution in [0, 0.1) is 5.41 Å². The highest BCUT2D eigenvalue weighted by atomic mass is 16.6. The second-order valence-corrected chi connectivity index (χ2v) is 20.9. The largest absolute Gasteiger partial charge is 0.493 e. The first-order chi connectivity index (χ1) is 40.0. The number of ketones is 1. The predicted octanol–water partition coefficient (Wildman–Crippen LogP) is 4.96. The molecule has 3 aromatic rings. The fourth-order valence-electron chi connectivity index (χ4n) is 9.53. The number of rotatable bonds is 33. The highest BCUT2D eigenvalue weighted by molar-refractivity contribution is 6.38. The van der Waals surface area contributed by atoms with Crippen molar-refractivity contribution in [1.82, 2.24) is 25.8 Å². The van der Waals surface area contributed by atoms with Crippen molar-refractivity contribution < 1.29 is 81.1 Å². The van der Waals surface area contributed by atoms with Crippen LogP contribution in [-0.4, -0.2) is 161 Å². The number of fused-ring (bicyclic) bond motifs is 1. The summed E-state index contributed by atoms with van der Waals surface area (Å²) in [6.07, 6.45) is 3.68. The molecule has 0 unspecified atom stereocenters. The second-order valence-electron chi connectivity index (χ2n) is 20.9. The summed E-state index contributed by atoms with van der Waals surface area (Å²) in [5.41, 5.74) is 1.06. The molecule has 3 aromatic carbocycles. The van der Waals surface area contributed by atoms with Crippen LogP contribution >= 0.6 is 0 Å². The molecule has 3 aliphatic rings. The van der Waals surface area contributed by atoms with Gasteiger partial charge in [-0.3, -0.25) is 53.4 Å². The number of likely N-dealkylation sites (tertiary alicyclic amines) is 1. The maximum atomic E-state index is 14.1. The SMILES string of the molecule is CCC(C)(C)C(=O)C(=O)N1CCCC[C@H]1C(=O)O[C@H](CCc1ccc(OC)c(OC)c1)c1cccc(NC(=O)CCC(=O)NCCCOCCOCCOCCCNC(=O)COc2cccc3c2C(=O)N([C@H]2CCCC(=O)NC2=O)C3=O)c1. The second kappa shape index (κ2) is 32.2. The fraction of sp³-hybridized carbons (Fsp3) is 0.533. The highest BCUT2D eigenvalue weighted by Gasteiger charge is 2.46. The Kier molecular flexibility index (Phi) is 25.0. The number of imide groups is 2. The van der Waals surface area contributed by atoms with E-state index in [9.17, 15) is 47.9 Å².